The molecular formula is C13H28N2O2S. The Morgan fingerprint density at radius 1 is 1.11 bits per heavy atom. The van der Waals surface area contributed by atoms with Crippen molar-refractivity contribution >= 4 is 10.0 Å². The third kappa shape index (κ3) is 5.24. The first-order chi connectivity index (χ1) is 8.60. The van der Waals surface area contributed by atoms with Crippen molar-refractivity contribution in [2.75, 3.05) is 31.9 Å². The van der Waals surface area contributed by atoms with E-state index in [1.165, 1.54) is 0 Å². The number of nitrogens with one attached hydrogen (secondary N) is 1. The molecule has 108 valence electrons. The molecule has 0 aromatic rings. The molecule has 0 radical (unpaired) electrons. The Kier molecular flexibility index (Phi) is 7.19. The normalized spacial score (nSPS) is 18.4. The molecule has 0 unspecified atom stereocenters. The molecule has 0 spiro atoms. The summed E-state index contributed by atoms with van der Waals surface area (Å²) in [5.41, 5.74) is 0. The van der Waals surface area contributed by atoms with Crippen LogP contribution in [0.2, 0.25) is 0 Å². The van der Waals surface area contributed by atoms with Gasteiger partial charge < -0.3 is 5.32 Å². The van der Waals surface area contributed by atoms with Gasteiger partial charge in [-0.15, -0.1) is 0 Å². The van der Waals surface area contributed by atoms with Gasteiger partial charge in [0.15, 0.2) is 0 Å². The van der Waals surface area contributed by atoms with Crippen LogP contribution >= 0.6 is 0 Å². The van der Waals surface area contributed by atoms with Crippen LogP contribution in [0, 0.1) is 5.92 Å². The zero-order valence-corrected chi connectivity index (χ0v) is 12.6. The number of hydrogen-bond acceptors (Lipinski definition) is 3. The van der Waals surface area contributed by atoms with Crippen LogP contribution in [-0.2, 0) is 10.0 Å². The predicted octanol–water partition coefficient (Wildman–Crippen LogP) is 1.83. The van der Waals surface area contributed by atoms with E-state index in [-0.39, 0.29) is 0 Å². The smallest absolute Gasteiger partial charge is 0.214 e. The highest BCUT2D eigenvalue weighted by Gasteiger charge is 2.22. The molecule has 18 heavy (non-hydrogen) atoms. The summed E-state index contributed by atoms with van der Waals surface area (Å²) >= 11 is 0. The summed E-state index contributed by atoms with van der Waals surface area (Å²) in [6.45, 7) is 7.48. The van der Waals surface area contributed by atoms with Crippen molar-refractivity contribution in [1.29, 1.82) is 0 Å². The Bertz CT molecular complexity index is 305. The molecule has 1 heterocycles. The molecule has 1 rings (SSSR count). The van der Waals surface area contributed by atoms with Crippen molar-refractivity contribution < 1.29 is 8.42 Å². The van der Waals surface area contributed by atoms with Gasteiger partial charge >= 0.3 is 0 Å². The average molecular weight is 276 g/mol. The van der Waals surface area contributed by atoms with Crippen molar-refractivity contribution in [2.24, 2.45) is 5.92 Å². The monoisotopic (exact) mass is 276 g/mol. The lowest BCUT2D eigenvalue weighted by molar-refractivity contribution is 0.358. The van der Waals surface area contributed by atoms with Gasteiger partial charge in [-0.05, 0) is 51.1 Å². The second kappa shape index (κ2) is 8.12. The fourth-order valence-electron chi connectivity index (χ4n) is 2.50. The van der Waals surface area contributed by atoms with E-state index in [0.717, 1.165) is 45.2 Å². The molecule has 1 N–H and O–H groups in total. The SMILES string of the molecule is CCCN(CCC)S(=O)(=O)CCC1CCNCC1. The van der Waals surface area contributed by atoms with Gasteiger partial charge in [0, 0.05) is 13.1 Å². The van der Waals surface area contributed by atoms with Crippen LogP contribution in [0.3, 0.4) is 0 Å². The Labute approximate surface area is 112 Å². The highest BCUT2D eigenvalue weighted by atomic mass is 32.2. The van der Waals surface area contributed by atoms with E-state index in [1.54, 1.807) is 4.31 Å². The molecule has 5 heteroatoms. The van der Waals surface area contributed by atoms with E-state index < -0.39 is 10.0 Å². The second-order valence-corrected chi connectivity index (χ2v) is 7.29. The van der Waals surface area contributed by atoms with Crippen LogP contribution in [0.1, 0.15) is 46.0 Å². The summed E-state index contributed by atoms with van der Waals surface area (Å²) < 4.78 is 26.2. The number of rotatable bonds is 8. The molecule has 0 atom stereocenters. The summed E-state index contributed by atoms with van der Waals surface area (Å²) in [6.07, 6.45) is 4.86. The first-order valence-corrected chi connectivity index (χ1v) is 8.89. The average Bonchev–Trinajstić information content (AvgIpc) is 2.37. The lowest BCUT2D eigenvalue weighted by Gasteiger charge is -2.25. The van der Waals surface area contributed by atoms with Crippen LogP contribution < -0.4 is 5.32 Å². The molecule has 4 nitrogen and oxygen atoms in total. The molecule has 1 saturated heterocycles. The van der Waals surface area contributed by atoms with Gasteiger partial charge in [-0.2, -0.15) is 0 Å². The van der Waals surface area contributed by atoms with Crippen molar-refractivity contribution in [1.82, 2.24) is 9.62 Å². The summed E-state index contributed by atoms with van der Waals surface area (Å²) in [7, 11) is -3.03. The molecule has 0 saturated carbocycles. The Morgan fingerprint density at radius 3 is 2.17 bits per heavy atom. The predicted molar refractivity (Wildman–Crippen MR) is 76.2 cm³/mol. The fraction of sp³-hybridized carbons (Fsp3) is 1.00. The zero-order chi connectivity index (χ0) is 13.4. The van der Waals surface area contributed by atoms with Crippen molar-refractivity contribution in [3.8, 4) is 0 Å². The van der Waals surface area contributed by atoms with E-state index in [1.807, 2.05) is 13.8 Å². The van der Waals surface area contributed by atoms with Gasteiger partial charge in [-0.3, -0.25) is 0 Å². The first kappa shape index (κ1) is 15.9. The fourth-order valence-corrected chi connectivity index (χ4v) is 4.31. The first-order valence-electron chi connectivity index (χ1n) is 7.28. The summed E-state index contributed by atoms with van der Waals surface area (Å²) in [5, 5.41) is 3.32. The molecule has 0 aliphatic carbocycles. The quantitative estimate of drug-likeness (QED) is 0.736. The maximum absolute atomic E-state index is 12.3. The van der Waals surface area contributed by atoms with Crippen molar-refractivity contribution in [2.45, 2.75) is 46.0 Å². The van der Waals surface area contributed by atoms with Crippen LogP contribution in [-0.4, -0.2) is 44.7 Å². The van der Waals surface area contributed by atoms with Gasteiger partial charge in [-0.25, -0.2) is 12.7 Å². The van der Waals surface area contributed by atoms with Crippen LogP contribution in [0.4, 0.5) is 0 Å². The maximum Gasteiger partial charge on any atom is 0.214 e. The lowest BCUT2D eigenvalue weighted by atomic mass is 9.96. The summed E-state index contributed by atoms with van der Waals surface area (Å²) in [4.78, 5) is 0. The summed E-state index contributed by atoms with van der Waals surface area (Å²) in [6, 6.07) is 0. The van der Waals surface area contributed by atoms with Crippen LogP contribution in [0.15, 0.2) is 0 Å². The molecule has 0 aromatic carbocycles. The van der Waals surface area contributed by atoms with E-state index in [0.29, 0.717) is 24.8 Å². The molecule has 0 bridgehead atoms. The molecule has 1 aliphatic heterocycles. The summed E-state index contributed by atoms with van der Waals surface area (Å²) in [5.74, 6) is 0.920. The van der Waals surface area contributed by atoms with Crippen LogP contribution in [0.25, 0.3) is 0 Å². The van der Waals surface area contributed by atoms with E-state index >= 15 is 0 Å². The van der Waals surface area contributed by atoms with E-state index in [4.69, 9.17) is 0 Å². The molecule has 1 fully saturated rings. The van der Waals surface area contributed by atoms with E-state index in [9.17, 15) is 8.42 Å². The Morgan fingerprint density at radius 2 is 1.67 bits per heavy atom. The third-order valence-corrected chi connectivity index (χ3v) is 5.49. The molecular weight excluding hydrogens is 248 g/mol. The van der Waals surface area contributed by atoms with Gasteiger partial charge in [0.1, 0.15) is 0 Å². The van der Waals surface area contributed by atoms with Gasteiger partial charge in [0.25, 0.3) is 0 Å². The Hall–Kier alpha value is -0.130. The highest BCUT2D eigenvalue weighted by molar-refractivity contribution is 7.89. The van der Waals surface area contributed by atoms with Crippen LogP contribution in [0.5, 0.6) is 0 Å². The molecule has 1 aliphatic rings. The van der Waals surface area contributed by atoms with Gasteiger partial charge in [-0.1, -0.05) is 13.8 Å². The standard InChI is InChI=1S/C13H28N2O2S/c1-3-10-15(11-4-2)18(16,17)12-7-13-5-8-14-9-6-13/h13-14H,3-12H2,1-2H3. The lowest BCUT2D eigenvalue weighted by Crippen LogP contribution is -2.36. The minimum atomic E-state index is -3.03. The van der Waals surface area contributed by atoms with Gasteiger partial charge in [0.05, 0.1) is 5.75 Å². The number of sulfonamides is 1. The number of nitrogens with zero attached hydrogens (tertiary/aromatic N) is 1. The maximum atomic E-state index is 12.3. The van der Waals surface area contributed by atoms with Crippen molar-refractivity contribution in [3.63, 3.8) is 0 Å². The topological polar surface area (TPSA) is 49.4 Å². The van der Waals surface area contributed by atoms with E-state index in [2.05, 4.69) is 5.32 Å². The largest absolute Gasteiger partial charge is 0.317 e. The second-order valence-electron chi connectivity index (χ2n) is 5.20. The minimum Gasteiger partial charge on any atom is -0.317 e. The third-order valence-electron chi connectivity index (χ3n) is 3.58. The van der Waals surface area contributed by atoms with Crippen molar-refractivity contribution in [3.05, 3.63) is 0 Å². The molecule has 0 aromatic heterocycles. The number of piperidine rings is 1. The van der Waals surface area contributed by atoms with Gasteiger partial charge in [0.2, 0.25) is 10.0 Å². The molecule has 0 amide bonds. The minimum absolute atomic E-state index is 0.331. The Balaban J connectivity index is 2.45. The zero-order valence-electron chi connectivity index (χ0n) is 11.8. The highest BCUT2D eigenvalue weighted by Crippen LogP contribution is 2.18. The number of hydrogen-bond donors (Lipinski definition) is 1.